The van der Waals surface area contributed by atoms with E-state index in [1.54, 1.807) is 33.1 Å². The van der Waals surface area contributed by atoms with Crippen molar-refractivity contribution in [3.63, 3.8) is 0 Å². The zero-order valence-electron chi connectivity index (χ0n) is 11.3. The van der Waals surface area contributed by atoms with Crippen LogP contribution in [0.5, 0.6) is 0 Å². The molecule has 0 spiro atoms. The van der Waals surface area contributed by atoms with E-state index in [9.17, 15) is 9.90 Å². The Balaban J connectivity index is 2.06. The van der Waals surface area contributed by atoms with Gasteiger partial charge in [-0.05, 0) is 18.4 Å². The lowest BCUT2D eigenvalue weighted by Crippen LogP contribution is -2.05. The summed E-state index contributed by atoms with van der Waals surface area (Å²) < 4.78 is 3.34. The molecule has 0 radical (unpaired) electrons. The zero-order valence-corrected chi connectivity index (χ0v) is 12.1. The Morgan fingerprint density at radius 1 is 1.48 bits per heavy atom. The summed E-state index contributed by atoms with van der Waals surface area (Å²) in [7, 11) is 0. The molecule has 0 amide bonds. The van der Waals surface area contributed by atoms with Gasteiger partial charge >= 0.3 is 5.97 Å². The third kappa shape index (κ3) is 2.57. The number of thiophene rings is 1. The highest BCUT2D eigenvalue weighted by Gasteiger charge is 2.22. The quantitative estimate of drug-likeness (QED) is 0.778. The maximum Gasteiger partial charge on any atom is 0.358 e. The minimum absolute atomic E-state index is 0.0535. The fraction of sp³-hybridized carbons (Fsp3) is 0.231. The van der Waals surface area contributed by atoms with E-state index in [1.165, 1.54) is 0 Å². The normalized spacial score (nSPS) is 10.9. The molecule has 0 bridgehead atoms. The molecular weight excluding hydrogens is 290 g/mol. The van der Waals surface area contributed by atoms with Crippen LogP contribution in [0, 0.1) is 0 Å². The van der Waals surface area contributed by atoms with Crippen LogP contribution in [-0.2, 0) is 13.1 Å². The Labute approximate surface area is 124 Å². The molecule has 7 nitrogen and oxygen atoms in total. The fourth-order valence-electron chi connectivity index (χ4n) is 2.06. The van der Waals surface area contributed by atoms with Crippen LogP contribution in [0.4, 0.5) is 0 Å². The maximum atomic E-state index is 11.3. The average Bonchev–Trinajstić information content (AvgIpc) is 3.18. The smallest absolute Gasteiger partial charge is 0.358 e. The van der Waals surface area contributed by atoms with Crippen LogP contribution >= 0.6 is 11.3 Å². The third-order valence-corrected chi connectivity index (χ3v) is 3.92. The molecule has 108 valence electrons. The van der Waals surface area contributed by atoms with Gasteiger partial charge in [-0.15, -0.1) is 16.4 Å². The third-order valence-electron chi connectivity index (χ3n) is 3.05. The molecule has 3 aromatic rings. The van der Waals surface area contributed by atoms with Gasteiger partial charge in [0.2, 0.25) is 0 Å². The lowest BCUT2D eigenvalue weighted by atomic mass is 10.2. The minimum atomic E-state index is -1.09. The highest BCUT2D eigenvalue weighted by atomic mass is 32.1. The molecule has 8 heteroatoms. The van der Waals surface area contributed by atoms with Gasteiger partial charge in [0.1, 0.15) is 5.69 Å². The zero-order chi connectivity index (χ0) is 14.8. The molecule has 0 aliphatic carbocycles. The van der Waals surface area contributed by atoms with E-state index < -0.39 is 5.97 Å². The Morgan fingerprint density at radius 2 is 2.33 bits per heavy atom. The highest BCUT2D eigenvalue weighted by Crippen LogP contribution is 2.23. The van der Waals surface area contributed by atoms with Gasteiger partial charge in [0.15, 0.2) is 5.69 Å². The standard InChI is InChI=1S/C13H13N5O2S/c1-2-17-7-9(6-14-17)12-11(13(19)20)15-16-18(12)8-10-4-3-5-21-10/h3-7H,2,8H2,1H3,(H,19,20). The minimum Gasteiger partial charge on any atom is -0.476 e. The van der Waals surface area contributed by atoms with E-state index in [4.69, 9.17) is 0 Å². The summed E-state index contributed by atoms with van der Waals surface area (Å²) in [6, 6.07) is 3.93. The van der Waals surface area contributed by atoms with E-state index in [0.29, 0.717) is 17.8 Å². The van der Waals surface area contributed by atoms with Crippen LogP contribution in [-0.4, -0.2) is 35.9 Å². The number of aryl methyl sites for hydroxylation is 1. The molecule has 3 heterocycles. The van der Waals surface area contributed by atoms with Crippen molar-refractivity contribution in [1.29, 1.82) is 0 Å². The van der Waals surface area contributed by atoms with Crippen molar-refractivity contribution in [2.75, 3.05) is 0 Å². The Bertz CT molecular complexity index is 759. The topological polar surface area (TPSA) is 85.8 Å². The first-order valence-electron chi connectivity index (χ1n) is 6.41. The van der Waals surface area contributed by atoms with E-state index in [1.807, 2.05) is 24.4 Å². The van der Waals surface area contributed by atoms with Crippen molar-refractivity contribution in [1.82, 2.24) is 24.8 Å². The van der Waals surface area contributed by atoms with Crippen LogP contribution in [0.3, 0.4) is 0 Å². The lowest BCUT2D eigenvalue weighted by Gasteiger charge is -2.03. The number of rotatable bonds is 5. The Hall–Kier alpha value is -2.48. The van der Waals surface area contributed by atoms with Gasteiger partial charge in [-0.1, -0.05) is 11.3 Å². The number of carboxylic acid groups (broad SMARTS) is 1. The highest BCUT2D eigenvalue weighted by molar-refractivity contribution is 7.09. The number of aromatic carboxylic acids is 1. The molecule has 0 saturated carbocycles. The Kier molecular flexibility index (Phi) is 3.53. The molecule has 0 saturated heterocycles. The van der Waals surface area contributed by atoms with E-state index in [-0.39, 0.29) is 5.69 Å². The average molecular weight is 303 g/mol. The number of nitrogens with zero attached hydrogens (tertiary/aromatic N) is 5. The van der Waals surface area contributed by atoms with Crippen LogP contribution in [0.25, 0.3) is 11.3 Å². The first kappa shape index (κ1) is 13.5. The van der Waals surface area contributed by atoms with E-state index >= 15 is 0 Å². The number of aromatic nitrogens is 5. The molecule has 1 N–H and O–H groups in total. The van der Waals surface area contributed by atoms with Gasteiger partial charge in [0.05, 0.1) is 12.7 Å². The van der Waals surface area contributed by atoms with Gasteiger partial charge in [0, 0.05) is 23.2 Å². The second kappa shape index (κ2) is 5.49. The first-order chi connectivity index (χ1) is 10.2. The summed E-state index contributed by atoms with van der Waals surface area (Å²) in [6.45, 7) is 3.18. The summed E-state index contributed by atoms with van der Waals surface area (Å²) in [6.07, 6.45) is 3.44. The van der Waals surface area contributed by atoms with Crippen LogP contribution in [0.2, 0.25) is 0 Å². The summed E-state index contributed by atoms with van der Waals surface area (Å²) in [5.74, 6) is -1.09. The molecular formula is C13H13N5O2S. The van der Waals surface area contributed by atoms with Gasteiger partial charge in [-0.3, -0.25) is 4.68 Å². The Morgan fingerprint density at radius 3 is 2.95 bits per heavy atom. The maximum absolute atomic E-state index is 11.3. The largest absolute Gasteiger partial charge is 0.476 e. The van der Waals surface area contributed by atoms with Crippen molar-refractivity contribution in [2.45, 2.75) is 20.0 Å². The van der Waals surface area contributed by atoms with E-state index in [2.05, 4.69) is 15.4 Å². The molecule has 0 fully saturated rings. The summed E-state index contributed by atoms with van der Waals surface area (Å²) in [5, 5.41) is 23.2. The molecule has 3 rings (SSSR count). The van der Waals surface area contributed by atoms with Crippen molar-refractivity contribution in [2.24, 2.45) is 0 Å². The van der Waals surface area contributed by atoms with Crippen molar-refractivity contribution < 1.29 is 9.90 Å². The summed E-state index contributed by atoms with van der Waals surface area (Å²) in [4.78, 5) is 12.4. The fourth-order valence-corrected chi connectivity index (χ4v) is 2.75. The summed E-state index contributed by atoms with van der Waals surface area (Å²) in [5.41, 5.74) is 1.13. The van der Waals surface area contributed by atoms with Crippen molar-refractivity contribution in [3.8, 4) is 11.3 Å². The molecule has 0 aliphatic rings. The number of carboxylic acids is 1. The predicted octanol–water partition coefficient (Wildman–Crippen LogP) is 1.97. The predicted molar refractivity (Wildman–Crippen MR) is 77.3 cm³/mol. The van der Waals surface area contributed by atoms with Gasteiger partial charge in [-0.2, -0.15) is 5.10 Å². The number of hydrogen-bond donors (Lipinski definition) is 1. The summed E-state index contributed by atoms with van der Waals surface area (Å²) >= 11 is 1.59. The van der Waals surface area contributed by atoms with Crippen molar-refractivity contribution >= 4 is 17.3 Å². The molecule has 0 aromatic carbocycles. The first-order valence-corrected chi connectivity index (χ1v) is 7.29. The van der Waals surface area contributed by atoms with Gasteiger partial charge in [0.25, 0.3) is 0 Å². The second-order valence-electron chi connectivity index (χ2n) is 4.41. The van der Waals surface area contributed by atoms with Gasteiger partial charge in [-0.25, -0.2) is 9.48 Å². The molecule has 21 heavy (non-hydrogen) atoms. The van der Waals surface area contributed by atoms with Crippen LogP contribution < -0.4 is 0 Å². The number of hydrogen-bond acceptors (Lipinski definition) is 5. The second-order valence-corrected chi connectivity index (χ2v) is 5.45. The van der Waals surface area contributed by atoms with Crippen molar-refractivity contribution in [3.05, 3.63) is 40.5 Å². The number of carbonyl (C=O) groups is 1. The molecule has 0 unspecified atom stereocenters. The van der Waals surface area contributed by atoms with Gasteiger partial charge < -0.3 is 5.11 Å². The molecule has 0 atom stereocenters. The SMILES string of the molecule is CCn1cc(-c2c(C(=O)O)nnn2Cc2cccs2)cn1. The van der Waals surface area contributed by atoms with Crippen LogP contribution in [0.1, 0.15) is 22.3 Å². The monoisotopic (exact) mass is 303 g/mol. The lowest BCUT2D eigenvalue weighted by molar-refractivity contribution is 0.0691. The van der Waals surface area contributed by atoms with E-state index in [0.717, 1.165) is 11.4 Å². The molecule has 3 aromatic heterocycles. The molecule has 0 aliphatic heterocycles. The van der Waals surface area contributed by atoms with Crippen LogP contribution in [0.15, 0.2) is 29.9 Å².